The molecule has 1 aromatic heterocycles. The first-order chi connectivity index (χ1) is 6.70. The third-order valence-corrected chi connectivity index (χ3v) is 2.77. The van der Waals surface area contributed by atoms with Gasteiger partial charge in [0, 0.05) is 19.4 Å². The van der Waals surface area contributed by atoms with Crippen LogP contribution in [0.25, 0.3) is 0 Å². The van der Waals surface area contributed by atoms with E-state index in [1.807, 2.05) is 12.4 Å². The van der Waals surface area contributed by atoms with Gasteiger partial charge in [-0.3, -0.25) is 0 Å². The standard InChI is InChI=1S/C11H21N3/c1-5-9(3)10(12-6-2)11-13-7-8-14(11)4/h7-10,12H,5-6H2,1-4H3. The van der Waals surface area contributed by atoms with Crippen molar-refractivity contribution in [2.24, 2.45) is 13.0 Å². The van der Waals surface area contributed by atoms with Gasteiger partial charge < -0.3 is 9.88 Å². The number of aromatic nitrogens is 2. The van der Waals surface area contributed by atoms with E-state index in [9.17, 15) is 0 Å². The lowest BCUT2D eigenvalue weighted by molar-refractivity contribution is 0.361. The Morgan fingerprint density at radius 2 is 2.21 bits per heavy atom. The Labute approximate surface area is 86.5 Å². The van der Waals surface area contributed by atoms with E-state index in [0.717, 1.165) is 12.4 Å². The van der Waals surface area contributed by atoms with Gasteiger partial charge in [0.05, 0.1) is 6.04 Å². The first-order valence-corrected chi connectivity index (χ1v) is 5.41. The minimum absolute atomic E-state index is 0.380. The number of aryl methyl sites for hydroxylation is 1. The highest BCUT2D eigenvalue weighted by Crippen LogP contribution is 2.22. The van der Waals surface area contributed by atoms with Gasteiger partial charge in [0.15, 0.2) is 0 Å². The summed E-state index contributed by atoms with van der Waals surface area (Å²) in [4.78, 5) is 4.40. The summed E-state index contributed by atoms with van der Waals surface area (Å²) in [7, 11) is 2.05. The third-order valence-electron chi connectivity index (χ3n) is 2.77. The van der Waals surface area contributed by atoms with E-state index in [1.54, 1.807) is 0 Å². The molecule has 3 nitrogen and oxygen atoms in total. The van der Waals surface area contributed by atoms with Gasteiger partial charge in [-0.1, -0.05) is 27.2 Å². The molecule has 3 heteroatoms. The van der Waals surface area contributed by atoms with Gasteiger partial charge in [-0.2, -0.15) is 0 Å². The highest BCUT2D eigenvalue weighted by molar-refractivity contribution is 5.00. The van der Waals surface area contributed by atoms with E-state index in [-0.39, 0.29) is 0 Å². The van der Waals surface area contributed by atoms with Crippen LogP contribution in [-0.4, -0.2) is 16.1 Å². The lowest BCUT2D eigenvalue weighted by atomic mass is 9.98. The third kappa shape index (κ3) is 2.35. The molecular formula is C11H21N3. The van der Waals surface area contributed by atoms with Crippen LogP contribution in [-0.2, 0) is 7.05 Å². The van der Waals surface area contributed by atoms with Crippen LogP contribution < -0.4 is 5.32 Å². The van der Waals surface area contributed by atoms with Crippen molar-refractivity contribution in [3.05, 3.63) is 18.2 Å². The number of nitrogens with one attached hydrogen (secondary N) is 1. The van der Waals surface area contributed by atoms with Crippen LogP contribution in [0.5, 0.6) is 0 Å². The van der Waals surface area contributed by atoms with Gasteiger partial charge in [-0.15, -0.1) is 0 Å². The molecule has 1 N–H and O–H groups in total. The van der Waals surface area contributed by atoms with Gasteiger partial charge in [-0.05, 0) is 12.5 Å². The van der Waals surface area contributed by atoms with Crippen LogP contribution in [0.1, 0.15) is 39.1 Å². The van der Waals surface area contributed by atoms with E-state index >= 15 is 0 Å². The van der Waals surface area contributed by atoms with Crippen molar-refractivity contribution in [2.75, 3.05) is 6.54 Å². The van der Waals surface area contributed by atoms with Gasteiger partial charge in [0.1, 0.15) is 5.82 Å². The van der Waals surface area contributed by atoms with E-state index in [2.05, 4.69) is 42.7 Å². The second-order valence-corrected chi connectivity index (χ2v) is 3.82. The molecule has 80 valence electrons. The summed E-state index contributed by atoms with van der Waals surface area (Å²) in [5, 5.41) is 3.49. The second-order valence-electron chi connectivity index (χ2n) is 3.82. The molecule has 0 fully saturated rings. The monoisotopic (exact) mass is 195 g/mol. The molecule has 14 heavy (non-hydrogen) atoms. The first-order valence-electron chi connectivity index (χ1n) is 5.41. The van der Waals surface area contributed by atoms with Crippen LogP contribution in [0.4, 0.5) is 0 Å². The molecular weight excluding hydrogens is 174 g/mol. The van der Waals surface area contributed by atoms with Crippen molar-refractivity contribution >= 4 is 0 Å². The fourth-order valence-electron chi connectivity index (χ4n) is 1.68. The molecule has 0 radical (unpaired) electrons. The van der Waals surface area contributed by atoms with Gasteiger partial charge >= 0.3 is 0 Å². The summed E-state index contributed by atoms with van der Waals surface area (Å²) in [6, 6.07) is 0.380. The molecule has 2 atom stereocenters. The van der Waals surface area contributed by atoms with Crippen molar-refractivity contribution in [2.45, 2.75) is 33.2 Å². The molecule has 0 amide bonds. The van der Waals surface area contributed by atoms with E-state index in [0.29, 0.717) is 12.0 Å². The van der Waals surface area contributed by atoms with Gasteiger partial charge in [-0.25, -0.2) is 4.98 Å². The smallest absolute Gasteiger partial charge is 0.125 e. The van der Waals surface area contributed by atoms with E-state index in [1.165, 1.54) is 6.42 Å². The molecule has 0 aliphatic carbocycles. The molecule has 0 aromatic carbocycles. The molecule has 0 spiro atoms. The fourth-order valence-corrected chi connectivity index (χ4v) is 1.68. The van der Waals surface area contributed by atoms with E-state index < -0.39 is 0 Å². The van der Waals surface area contributed by atoms with Crippen LogP contribution in [0.3, 0.4) is 0 Å². The van der Waals surface area contributed by atoms with Crippen LogP contribution >= 0.6 is 0 Å². The summed E-state index contributed by atoms with van der Waals surface area (Å²) in [5.41, 5.74) is 0. The molecule has 0 saturated carbocycles. The Hall–Kier alpha value is -0.830. The zero-order valence-electron chi connectivity index (χ0n) is 9.62. The number of hydrogen-bond acceptors (Lipinski definition) is 2. The SMILES string of the molecule is CCNC(c1nccn1C)C(C)CC. The van der Waals surface area contributed by atoms with Crippen molar-refractivity contribution < 1.29 is 0 Å². The van der Waals surface area contributed by atoms with Gasteiger partial charge in [0.25, 0.3) is 0 Å². The predicted octanol–water partition coefficient (Wildman–Crippen LogP) is 2.12. The molecule has 0 bridgehead atoms. The van der Waals surface area contributed by atoms with Crippen LogP contribution in [0.15, 0.2) is 12.4 Å². The maximum Gasteiger partial charge on any atom is 0.125 e. The highest BCUT2D eigenvalue weighted by atomic mass is 15.1. The summed E-state index contributed by atoms with van der Waals surface area (Å²) in [6.07, 6.45) is 5.04. The summed E-state index contributed by atoms with van der Waals surface area (Å²) in [5.74, 6) is 1.76. The van der Waals surface area contributed by atoms with Crippen molar-refractivity contribution in [1.82, 2.24) is 14.9 Å². The Bertz CT molecular complexity index is 267. The Morgan fingerprint density at radius 1 is 1.50 bits per heavy atom. The summed E-state index contributed by atoms with van der Waals surface area (Å²) < 4.78 is 2.10. The maximum absolute atomic E-state index is 4.40. The minimum atomic E-state index is 0.380. The lowest BCUT2D eigenvalue weighted by Gasteiger charge is -2.23. The lowest BCUT2D eigenvalue weighted by Crippen LogP contribution is -2.28. The first kappa shape index (κ1) is 11.2. The zero-order valence-corrected chi connectivity index (χ0v) is 9.62. The average molecular weight is 195 g/mol. The van der Waals surface area contributed by atoms with Crippen LogP contribution in [0.2, 0.25) is 0 Å². The normalized spacial score (nSPS) is 15.4. The van der Waals surface area contributed by atoms with Crippen molar-refractivity contribution in [3.8, 4) is 0 Å². The second kappa shape index (κ2) is 5.15. The summed E-state index contributed by atoms with van der Waals surface area (Å²) >= 11 is 0. The predicted molar refractivity (Wildman–Crippen MR) is 59.1 cm³/mol. The van der Waals surface area contributed by atoms with E-state index in [4.69, 9.17) is 0 Å². The van der Waals surface area contributed by atoms with Gasteiger partial charge in [0.2, 0.25) is 0 Å². The Balaban J connectivity index is 2.82. The number of imidazole rings is 1. The molecule has 1 aromatic rings. The molecule has 0 aliphatic heterocycles. The molecule has 1 heterocycles. The Morgan fingerprint density at radius 3 is 2.64 bits per heavy atom. The average Bonchev–Trinajstić information content (AvgIpc) is 2.60. The molecule has 2 unspecified atom stereocenters. The Kier molecular flexibility index (Phi) is 4.14. The molecule has 1 rings (SSSR count). The molecule has 0 aliphatic rings. The number of hydrogen-bond donors (Lipinski definition) is 1. The topological polar surface area (TPSA) is 29.9 Å². The summed E-state index contributed by atoms with van der Waals surface area (Å²) in [6.45, 7) is 7.61. The molecule has 0 saturated heterocycles. The quantitative estimate of drug-likeness (QED) is 0.780. The van der Waals surface area contributed by atoms with Crippen molar-refractivity contribution in [3.63, 3.8) is 0 Å². The largest absolute Gasteiger partial charge is 0.337 e. The highest BCUT2D eigenvalue weighted by Gasteiger charge is 2.20. The minimum Gasteiger partial charge on any atom is -0.337 e. The van der Waals surface area contributed by atoms with Crippen LogP contribution in [0, 0.1) is 5.92 Å². The maximum atomic E-state index is 4.40. The van der Waals surface area contributed by atoms with Crippen molar-refractivity contribution in [1.29, 1.82) is 0 Å². The number of rotatable bonds is 5. The number of nitrogens with zero attached hydrogens (tertiary/aromatic N) is 2. The zero-order chi connectivity index (χ0) is 10.6. The fraction of sp³-hybridized carbons (Fsp3) is 0.727.